The van der Waals surface area contributed by atoms with Gasteiger partial charge in [0.05, 0.1) is 7.11 Å². The Morgan fingerprint density at radius 2 is 1.72 bits per heavy atom. The Hall–Kier alpha value is -1.31. The summed E-state index contributed by atoms with van der Waals surface area (Å²) in [5, 5.41) is 0. The molecule has 2 rings (SSSR count). The Morgan fingerprint density at radius 3 is 2.28 bits per heavy atom. The van der Waals surface area contributed by atoms with Crippen LogP contribution in [-0.4, -0.2) is 13.4 Å². The molecule has 0 N–H and O–H groups in total. The lowest BCUT2D eigenvalue weighted by Crippen LogP contribution is -2.12. The van der Waals surface area contributed by atoms with Gasteiger partial charge < -0.3 is 9.53 Å². The van der Waals surface area contributed by atoms with Crippen molar-refractivity contribution in [3.8, 4) is 5.75 Å². The molecule has 1 aromatic rings. The molecule has 0 aromatic heterocycles. The van der Waals surface area contributed by atoms with Crippen molar-refractivity contribution in [2.75, 3.05) is 7.11 Å². The van der Waals surface area contributed by atoms with Crippen LogP contribution in [0.2, 0.25) is 0 Å². The molecule has 98 valence electrons. The molecule has 1 aliphatic carbocycles. The van der Waals surface area contributed by atoms with Crippen LogP contribution in [0.4, 0.5) is 0 Å². The van der Waals surface area contributed by atoms with E-state index in [0.717, 1.165) is 18.5 Å². The number of fused-ring (bicyclic) bond motifs is 1. The highest BCUT2D eigenvalue weighted by atomic mass is 16.5. The average molecular weight is 246 g/mol. The molecule has 1 aromatic carbocycles. The van der Waals surface area contributed by atoms with Gasteiger partial charge in [0.15, 0.2) is 0 Å². The molecule has 2 nitrogen and oxygen atoms in total. The summed E-state index contributed by atoms with van der Waals surface area (Å²) in [4.78, 5) is 10.6. The van der Waals surface area contributed by atoms with Crippen LogP contribution in [0.15, 0.2) is 0 Å². The molecule has 0 fully saturated rings. The number of benzene rings is 1. The number of carbonyl (C=O) groups excluding carboxylic acids is 1. The van der Waals surface area contributed by atoms with E-state index >= 15 is 0 Å². The zero-order chi connectivity index (χ0) is 13.1. The third kappa shape index (κ3) is 2.16. The molecule has 0 spiro atoms. The maximum absolute atomic E-state index is 10.6. The Labute approximate surface area is 109 Å². The van der Waals surface area contributed by atoms with E-state index in [1.54, 1.807) is 7.11 Å². The molecule has 0 saturated heterocycles. The van der Waals surface area contributed by atoms with Gasteiger partial charge in [-0.05, 0) is 73.8 Å². The summed E-state index contributed by atoms with van der Waals surface area (Å²) in [6, 6.07) is 0. The molecule has 0 atom stereocenters. The lowest BCUT2D eigenvalue weighted by Gasteiger charge is -2.25. The van der Waals surface area contributed by atoms with Crippen LogP contribution < -0.4 is 4.74 Å². The number of hydrogen-bond acceptors (Lipinski definition) is 2. The van der Waals surface area contributed by atoms with Gasteiger partial charge >= 0.3 is 0 Å². The maximum Gasteiger partial charge on any atom is 0.125 e. The molecule has 2 heteroatoms. The summed E-state index contributed by atoms with van der Waals surface area (Å²) < 4.78 is 5.60. The van der Waals surface area contributed by atoms with Gasteiger partial charge in [0.25, 0.3) is 0 Å². The summed E-state index contributed by atoms with van der Waals surface area (Å²) in [7, 11) is 1.74. The lowest BCUT2D eigenvalue weighted by atomic mass is 9.82. The van der Waals surface area contributed by atoms with Crippen LogP contribution in [0.25, 0.3) is 0 Å². The zero-order valence-electron chi connectivity index (χ0n) is 11.6. The Bertz CT molecular complexity index is 461. The average Bonchev–Trinajstić information content (AvgIpc) is 2.41. The van der Waals surface area contributed by atoms with E-state index in [2.05, 4.69) is 13.8 Å². The number of rotatable bonds is 4. The molecule has 1 aliphatic rings. The fourth-order valence-corrected chi connectivity index (χ4v) is 3.23. The van der Waals surface area contributed by atoms with Crippen molar-refractivity contribution < 1.29 is 9.53 Å². The number of carbonyl (C=O) groups is 1. The topological polar surface area (TPSA) is 26.3 Å². The number of ether oxygens (including phenoxy) is 1. The summed E-state index contributed by atoms with van der Waals surface area (Å²) in [5.74, 6) is 1.01. The molecule has 0 heterocycles. The van der Waals surface area contributed by atoms with Crippen molar-refractivity contribution in [2.24, 2.45) is 0 Å². The van der Waals surface area contributed by atoms with E-state index in [9.17, 15) is 4.79 Å². The highest BCUT2D eigenvalue weighted by Crippen LogP contribution is 2.37. The molecule has 18 heavy (non-hydrogen) atoms. The smallest absolute Gasteiger partial charge is 0.125 e. The highest BCUT2D eigenvalue weighted by molar-refractivity contribution is 5.58. The van der Waals surface area contributed by atoms with E-state index in [0.29, 0.717) is 6.42 Å². The Balaban J connectivity index is 2.56. The van der Waals surface area contributed by atoms with Gasteiger partial charge in [0.2, 0.25) is 0 Å². The third-order valence-electron chi connectivity index (χ3n) is 4.16. The van der Waals surface area contributed by atoms with Crippen LogP contribution in [-0.2, 0) is 24.1 Å². The molecule has 0 saturated carbocycles. The zero-order valence-corrected chi connectivity index (χ0v) is 11.6. The first-order chi connectivity index (χ1) is 8.70. The first-order valence-electron chi connectivity index (χ1n) is 6.82. The van der Waals surface area contributed by atoms with Crippen molar-refractivity contribution in [2.45, 2.75) is 52.4 Å². The first-order valence-corrected chi connectivity index (χ1v) is 6.82. The standard InChI is InChI=1S/C16H22O2/c1-11-13-7-4-5-8-14(13)12(2)16(18-3)15(11)9-6-10-17/h10H,4-9H2,1-3H3. The quantitative estimate of drug-likeness (QED) is 0.762. The van der Waals surface area contributed by atoms with Gasteiger partial charge in [0.1, 0.15) is 12.0 Å². The van der Waals surface area contributed by atoms with E-state index in [4.69, 9.17) is 4.74 Å². The molecule has 0 amide bonds. The van der Waals surface area contributed by atoms with Gasteiger partial charge in [-0.1, -0.05) is 0 Å². The van der Waals surface area contributed by atoms with Gasteiger partial charge in [-0.25, -0.2) is 0 Å². The first kappa shape index (κ1) is 13.1. The number of hydrogen-bond donors (Lipinski definition) is 0. The van der Waals surface area contributed by atoms with Crippen molar-refractivity contribution in [1.82, 2.24) is 0 Å². The lowest BCUT2D eigenvalue weighted by molar-refractivity contribution is -0.107. The monoisotopic (exact) mass is 246 g/mol. The third-order valence-corrected chi connectivity index (χ3v) is 4.16. The summed E-state index contributed by atoms with van der Waals surface area (Å²) in [5.41, 5.74) is 6.89. The predicted molar refractivity (Wildman–Crippen MR) is 73.5 cm³/mol. The fraction of sp³-hybridized carbons (Fsp3) is 0.562. The van der Waals surface area contributed by atoms with Crippen LogP contribution in [0.3, 0.4) is 0 Å². The second-order valence-corrected chi connectivity index (χ2v) is 5.13. The van der Waals surface area contributed by atoms with Gasteiger partial charge in [-0.2, -0.15) is 0 Å². The van der Waals surface area contributed by atoms with Gasteiger partial charge in [-0.3, -0.25) is 0 Å². The van der Waals surface area contributed by atoms with Crippen molar-refractivity contribution in [3.63, 3.8) is 0 Å². The van der Waals surface area contributed by atoms with Crippen molar-refractivity contribution in [3.05, 3.63) is 27.8 Å². The van der Waals surface area contributed by atoms with Crippen LogP contribution in [0, 0.1) is 13.8 Å². The molecule has 0 unspecified atom stereocenters. The van der Waals surface area contributed by atoms with E-state index < -0.39 is 0 Å². The fourth-order valence-electron chi connectivity index (χ4n) is 3.23. The summed E-state index contributed by atoms with van der Waals surface area (Å²) in [6.45, 7) is 4.35. The molecule has 0 bridgehead atoms. The van der Waals surface area contributed by atoms with E-state index in [1.807, 2.05) is 0 Å². The Kier molecular flexibility index (Phi) is 4.05. The van der Waals surface area contributed by atoms with Gasteiger partial charge in [0, 0.05) is 6.42 Å². The summed E-state index contributed by atoms with van der Waals surface area (Å²) >= 11 is 0. The molecule has 0 aliphatic heterocycles. The summed E-state index contributed by atoms with van der Waals surface area (Å²) in [6.07, 6.45) is 7.29. The molecular weight excluding hydrogens is 224 g/mol. The van der Waals surface area contributed by atoms with E-state index in [-0.39, 0.29) is 0 Å². The molecule has 0 radical (unpaired) electrons. The van der Waals surface area contributed by atoms with Gasteiger partial charge in [-0.15, -0.1) is 0 Å². The van der Waals surface area contributed by atoms with Crippen LogP contribution in [0.5, 0.6) is 5.75 Å². The molecular formula is C16H22O2. The second-order valence-electron chi connectivity index (χ2n) is 5.13. The number of aldehydes is 1. The second kappa shape index (κ2) is 5.55. The van der Waals surface area contributed by atoms with Crippen molar-refractivity contribution >= 4 is 6.29 Å². The highest BCUT2D eigenvalue weighted by Gasteiger charge is 2.21. The van der Waals surface area contributed by atoms with Crippen LogP contribution in [0.1, 0.15) is 47.1 Å². The number of methoxy groups -OCH3 is 1. The maximum atomic E-state index is 10.6. The Morgan fingerprint density at radius 1 is 1.11 bits per heavy atom. The minimum absolute atomic E-state index is 0.579. The predicted octanol–water partition coefficient (Wildman–Crippen LogP) is 3.32. The van der Waals surface area contributed by atoms with Crippen LogP contribution >= 0.6 is 0 Å². The minimum Gasteiger partial charge on any atom is -0.496 e. The van der Waals surface area contributed by atoms with E-state index in [1.165, 1.54) is 53.5 Å². The SMILES string of the molecule is COc1c(C)c2c(c(C)c1CCC=O)CCCC2. The normalized spacial score (nSPS) is 14.2. The van der Waals surface area contributed by atoms with Crippen molar-refractivity contribution in [1.29, 1.82) is 0 Å². The largest absolute Gasteiger partial charge is 0.496 e. The minimum atomic E-state index is 0.579.